The number of benzene rings is 1. The number of nitriles is 1. The maximum absolute atomic E-state index is 14.1. The molecule has 1 amide bonds. The second-order valence-corrected chi connectivity index (χ2v) is 11.5. The molecule has 2 aliphatic carbocycles. The second-order valence-electron chi connectivity index (χ2n) is 10.5. The molecule has 0 bridgehead atoms. The minimum atomic E-state index is -1.07. The average molecular weight is 427 g/mol. The van der Waals surface area contributed by atoms with E-state index in [4.69, 9.17) is 22.3 Å². The summed E-state index contributed by atoms with van der Waals surface area (Å²) in [5.74, 6) is 1.68. The lowest BCUT2D eigenvalue weighted by Crippen LogP contribution is -2.55. The van der Waals surface area contributed by atoms with E-state index in [0.29, 0.717) is 29.9 Å². The van der Waals surface area contributed by atoms with E-state index in [1.165, 1.54) is 0 Å². The molecular formula is C24H31ClN4O. The van der Waals surface area contributed by atoms with Gasteiger partial charge in [0.2, 0.25) is 0 Å². The van der Waals surface area contributed by atoms with Gasteiger partial charge >= 0.3 is 0 Å². The predicted molar refractivity (Wildman–Crippen MR) is 119 cm³/mol. The summed E-state index contributed by atoms with van der Waals surface area (Å²) in [6, 6.07) is 7.94. The van der Waals surface area contributed by atoms with Gasteiger partial charge in [-0.15, -0.1) is 11.6 Å². The largest absolute Gasteiger partial charge is 0.369 e. The Morgan fingerprint density at radius 1 is 1.30 bits per heavy atom. The summed E-state index contributed by atoms with van der Waals surface area (Å²) in [6.07, 6.45) is 2.61. The molecule has 5 atom stereocenters. The number of nitrogens with zero attached hydrogens (tertiary/aromatic N) is 3. The summed E-state index contributed by atoms with van der Waals surface area (Å²) >= 11 is 6.48. The normalized spacial score (nSPS) is 35.6. The number of hydrogen-bond acceptors (Lipinski definition) is 4. The molecule has 1 aliphatic heterocycles. The molecule has 0 aromatic heterocycles. The first-order valence-corrected chi connectivity index (χ1v) is 11.2. The molecule has 0 radical (unpaired) electrons. The van der Waals surface area contributed by atoms with Crippen LogP contribution in [0.5, 0.6) is 0 Å². The number of nitrogens with two attached hydrogens (primary N) is 1. The Kier molecular flexibility index (Phi) is 4.74. The first kappa shape index (κ1) is 21.2. The molecule has 1 aromatic carbocycles. The van der Waals surface area contributed by atoms with Gasteiger partial charge in [-0.2, -0.15) is 5.26 Å². The van der Waals surface area contributed by atoms with Crippen molar-refractivity contribution >= 4 is 23.5 Å². The van der Waals surface area contributed by atoms with Gasteiger partial charge in [0, 0.05) is 12.0 Å². The summed E-state index contributed by atoms with van der Waals surface area (Å²) in [6.45, 7) is 10.9. The monoisotopic (exact) mass is 426 g/mol. The highest BCUT2D eigenvalue weighted by Crippen LogP contribution is 2.64. The lowest BCUT2D eigenvalue weighted by molar-refractivity contribution is -0.139. The Hall–Kier alpha value is -2.06. The Labute approximate surface area is 184 Å². The summed E-state index contributed by atoms with van der Waals surface area (Å²) in [4.78, 5) is 20.0. The minimum Gasteiger partial charge on any atom is -0.369 e. The molecule has 1 fully saturated rings. The molecule has 1 saturated carbocycles. The maximum atomic E-state index is 14.1. The van der Waals surface area contributed by atoms with E-state index in [9.17, 15) is 10.1 Å². The number of guanidine groups is 1. The highest BCUT2D eigenvalue weighted by atomic mass is 35.5. The van der Waals surface area contributed by atoms with E-state index in [-0.39, 0.29) is 17.3 Å². The van der Waals surface area contributed by atoms with E-state index >= 15 is 0 Å². The van der Waals surface area contributed by atoms with E-state index in [2.05, 4.69) is 26.8 Å². The van der Waals surface area contributed by atoms with Gasteiger partial charge in [0.05, 0.1) is 16.5 Å². The Bertz CT molecular complexity index is 960. The highest BCUT2D eigenvalue weighted by Gasteiger charge is 2.68. The molecule has 160 valence electrons. The van der Waals surface area contributed by atoms with Gasteiger partial charge < -0.3 is 5.73 Å². The smallest absolute Gasteiger partial charge is 0.262 e. The van der Waals surface area contributed by atoms with Crippen molar-refractivity contribution in [1.29, 1.82) is 5.26 Å². The van der Waals surface area contributed by atoms with Crippen LogP contribution in [0.2, 0.25) is 0 Å². The van der Waals surface area contributed by atoms with Crippen molar-refractivity contribution in [3.8, 4) is 6.07 Å². The van der Waals surface area contributed by atoms with Crippen LogP contribution in [0.3, 0.4) is 0 Å². The molecule has 2 N–H and O–H groups in total. The second kappa shape index (κ2) is 6.72. The molecule has 0 unspecified atom stereocenters. The standard InChI is InChI=1S/C24H31ClN4O/c1-14-9-23(10-15(2)16(14)3)11-18-7-6-17(12-26)8-19(18)24(23)20(30)29(21(27)28-24)13-22(4,5)25/h6-8,14-16H,9-11,13H2,1-5H3,(H2,27,28)/t14-,15+,16+,23+,24-/m1/s1. The number of amides is 1. The first-order chi connectivity index (χ1) is 13.9. The fourth-order valence-corrected chi connectivity index (χ4v) is 6.35. The molecular weight excluding hydrogens is 396 g/mol. The molecule has 1 aromatic rings. The van der Waals surface area contributed by atoms with Crippen molar-refractivity contribution in [2.24, 2.45) is 33.9 Å². The van der Waals surface area contributed by atoms with Crippen LogP contribution in [-0.4, -0.2) is 28.2 Å². The van der Waals surface area contributed by atoms with Crippen molar-refractivity contribution in [1.82, 2.24) is 4.90 Å². The Morgan fingerprint density at radius 3 is 2.50 bits per heavy atom. The van der Waals surface area contributed by atoms with Gasteiger partial charge in [0.15, 0.2) is 11.5 Å². The van der Waals surface area contributed by atoms with Crippen molar-refractivity contribution < 1.29 is 4.79 Å². The summed E-state index contributed by atoms with van der Waals surface area (Å²) < 4.78 is 0. The first-order valence-electron chi connectivity index (χ1n) is 10.8. The molecule has 0 saturated heterocycles. The van der Waals surface area contributed by atoms with Crippen molar-refractivity contribution in [3.05, 3.63) is 34.9 Å². The number of alkyl halides is 1. The summed E-state index contributed by atoms with van der Waals surface area (Å²) in [5, 5.41) is 9.52. The van der Waals surface area contributed by atoms with Crippen LogP contribution in [0.25, 0.3) is 0 Å². The zero-order valence-corrected chi connectivity index (χ0v) is 19.3. The van der Waals surface area contributed by atoms with Crippen LogP contribution in [0.1, 0.15) is 64.2 Å². The van der Waals surface area contributed by atoms with E-state index in [1.54, 1.807) is 4.90 Å². The van der Waals surface area contributed by atoms with E-state index in [1.807, 2.05) is 32.0 Å². The molecule has 6 heteroatoms. The van der Waals surface area contributed by atoms with Crippen LogP contribution in [0.4, 0.5) is 0 Å². The molecule has 5 nitrogen and oxygen atoms in total. The zero-order valence-electron chi connectivity index (χ0n) is 18.5. The molecule has 30 heavy (non-hydrogen) atoms. The highest BCUT2D eigenvalue weighted by molar-refractivity contribution is 6.24. The number of hydrogen-bond donors (Lipinski definition) is 1. The van der Waals surface area contributed by atoms with Gasteiger partial charge in [-0.05, 0) is 74.1 Å². The van der Waals surface area contributed by atoms with Crippen LogP contribution < -0.4 is 5.73 Å². The van der Waals surface area contributed by atoms with Gasteiger partial charge in [0.25, 0.3) is 5.91 Å². The fourth-order valence-electron chi connectivity index (χ4n) is 6.23. The predicted octanol–water partition coefficient (Wildman–Crippen LogP) is 4.17. The lowest BCUT2D eigenvalue weighted by Gasteiger charge is -2.50. The number of rotatable bonds is 2. The summed E-state index contributed by atoms with van der Waals surface area (Å²) in [7, 11) is 0. The third-order valence-corrected chi connectivity index (χ3v) is 7.91. The third-order valence-electron chi connectivity index (χ3n) is 7.79. The molecule has 4 rings (SSSR count). The molecule has 3 aliphatic rings. The Morgan fingerprint density at radius 2 is 1.93 bits per heavy atom. The van der Waals surface area contributed by atoms with E-state index in [0.717, 1.165) is 30.4 Å². The van der Waals surface area contributed by atoms with E-state index < -0.39 is 10.4 Å². The van der Waals surface area contributed by atoms with Gasteiger partial charge in [0.1, 0.15) is 0 Å². The van der Waals surface area contributed by atoms with Gasteiger partial charge in [-0.1, -0.05) is 26.8 Å². The quantitative estimate of drug-likeness (QED) is 0.720. The van der Waals surface area contributed by atoms with Crippen LogP contribution in [-0.2, 0) is 16.8 Å². The van der Waals surface area contributed by atoms with Crippen molar-refractivity contribution in [2.75, 3.05) is 6.54 Å². The fraction of sp³-hybridized carbons (Fsp3) is 0.625. The number of carbonyl (C=O) groups is 1. The van der Waals surface area contributed by atoms with Crippen LogP contribution in [0.15, 0.2) is 23.2 Å². The summed E-state index contributed by atoms with van der Waals surface area (Å²) in [5.41, 5.74) is 7.50. The van der Waals surface area contributed by atoms with Crippen molar-refractivity contribution in [2.45, 2.75) is 64.3 Å². The van der Waals surface area contributed by atoms with Crippen LogP contribution in [0, 0.1) is 34.5 Å². The number of halogens is 1. The lowest BCUT2D eigenvalue weighted by atomic mass is 9.55. The van der Waals surface area contributed by atoms with Gasteiger partial charge in [-0.3, -0.25) is 9.69 Å². The molecule has 2 spiro atoms. The molecule has 1 heterocycles. The van der Waals surface area contributed by atoms with Gasteiger partial charge in [-0.25, -0.2) is 4.99 Å². The maximum Gasteiger partial charge on any atom is 0.262 e. The minimum absolute atomic E-state index is 0.0866. The number of fused-ring (bicyclic) bond motifs is 3. The number of aliphatic imine (C=N–C) groups is 1. The SMILES string of the molecule is C[C@H]1[C@H](C)C[C@@]2(Cc3ccc(C#N)cc3[C@]23N=C(N)N(CC(C)(C)Cl)C3=O)C[C@@H]1C. The van der Waals surface area contributed by atoms with Crippen molar-refractivity contribution in [3.63, 3.8) is 0 Å². The topological polar surface area (TPSA) is 82.5 Å². The Balaban J connectivity index is 1.92. The average Bonchev–Trinajstić information content (AvgIpc) is 3.05. The van der Waals surface area contributed by atoms with Crippen LogP contribution >= 0.6 is 11.6 Å². The number of carbonyl (C=O) groups excluding carboxylic acids is 1. The third kappa shape index (κ3) is 2.87. The zero-order chi connectivity index (χ0) is 22.1.